The summed E-state index contributed by atoms with van der Waals surface area (Å²) in [6.07, 6.45) is -5.74. The lowest BCUT2D eigenvalue weighted by Gasteiger charge is -2.31. The van der Waals surface area contributed by atoms with Crippen molar-refractivity contribution in [2.75, 3.05) is 25.5 Å². The Balaban J connectivity index is 1.51. The summed E-state index contributed by atoms with van der Waals surface area (Å²) >= 11 is 0. The molecule has 1 heterocycles. The summed E-state index contributed by atoms with van der Waals surface area (Å²) in [5.41, 5.74) is 4.82. The molecule has 1 fully saturated rings. The van der Waals surface area contributed by atoms with E-state index in [0.717, 1.165) is 19.1 Å². The second-order valence-electron chi connectivity index (χ2n) is 10.4. The lowest BCUT2D eigenvalue weighted by atomic mass is 9.94. The zero-order valence-electron chi connectivity index (χ0n) is 23.2. The number of alkyl halides is 3. The first-order valence-corrected chi connectivity index (χ1v) is 13.2. The van der Waals surface area contributed by atoms with E-state index in [4.69, 9.17) is 10.5 Å². The first kappa shape index (κ1) is 31.3. The SMILES string of the molecule is C[C@H](N(Cc1ccc(F)cc1)C(=O)CN1C(=O)O[C@@]2(CCc3cc(NC(=O)N(C)CCC(N)=O)ccc32)C1=O)C(F)(F)F. The Kier molecular flexibility index (Phi) is 8.64. The number of hydrogen-bond acceptors (Lipinski definition) is 6. The highest BCUT2D eigenvalue weighted by Gasteiger charge is 2.58. The Morgan fingerprint density at radius 3 is 2.44 bits per heavy atom. The van der Waals surface area contributed by atoms with Crippen LogP contribution >= 0.6 is 0 Å². The van der Waals surface area contributed by atoms with Crippen molar-refractivity contribution in [3.63, 3.8) is 0 Å². The van der Waals surface area contributed by atoms with Crippen LogP contribution in [-0.4, -0.2) is 76.9 Å². The molecule has 2 atom stereocenters. The fourth-order valence-corrected chi connectivity index (χ4v) is 4.96. The van der Waals surface area contributed by atoms with Gasteiger partial charge < -0.3 is 25.6 Å². The normalized spacial score (nSPS) is 18.3. The molecule has 43 heavy (non-hydrogen) atoms. The highest BCUT2D eigenvalue weighted by Crippen LogP contribution is 2.46. The molecule has 0 saturated carbocycles. The molecular formula is C28H29F4N5O6. The lowest BCUT2D eigenvalue weighted by Crippen LogP contribution is -2.51. The van der Waals surface area contributed by atoms with Crippen LogP contribution in [0.15, 0.2) is 42.5 Å². The maximum absolute atomic E-state index is 13.7. The molecule has 1 aliphatic carbocycles. The lowest BCUT2D eigenvalue weighted by molar-refractivity contribution is -0.187. The number of aryl methyl sites for hydroxylation is 1. The maximum atomic E-state index is 13.7. The van der Waals surface area contributed by atoms with Crippen LogP contribution in [0.5, 0.6) is 0 Å². The molecule has 6 amide bonds. The van der Waals surface area contributed by atoms with Gasteiger partial charge >= 0.3 is 18.3 Å². The van der Waals surface area contributed by atoms with Crippen LogP contribution in [0.1, 0.15) is 36.5 Å². The van der Waals surface area contributed by atoms with Crippen LogP contribution in [-0.2, 0) is 37.7 Å². The number of carbonyl (C=O) groups is 5. The molecular weight excluding hydrogens is 578 g/mol. The number of fused-ring (bicyclic) bond motifs is 2. The van der Waals surface area contributed by atoms with Gasteiger partial charge in [-0.25, -0.2) is 18.9 Å². The smallest absolute Gasteiger partial charge is 0.418 e. The minimum absolute atomic E-state index is 0.0196. The van der Waals surface area contributed by atoms with E-state index in [2.05, 4.69) is 5.32 Å². The number of nitrogens with zero attached hydrogens (tertiary/aromatic N) is 3. The molecule has 1 aliphatic heterocycles. The van der Waals surface area contributed by atoms with Crippen LogP contribution in [0.4, 0.5) is 32.8 Å². The van der Waals surface area contributed by atoms with E-state index >= 15 is 0 Å². The molecule has 11 nitrogen and oxygen atoms in total. The third-order valence-electron chi connectivity index (χ3n) is 7.47. The average Bonchev–Trinajstić information content (AvgIpc) is 3.41. The molecule has 2 aliphatic rings. The van der Waals surface area contributed by atoms with Crippen molar-refractivity contribution >= 4 is 35.5 Å². The van der Waals surface area contributed by atoms with E-state index in [0.29, 0.717) is 26.6 Å². The number of primary amides is 1. The van der Waals surface area contributed by atoms with Crippen molar-refractivity contribution in [3.05, 3.63) is 65.0 Å². The number of rotatable bonds is 9. The fraction of sp³-hybridized carbons (Fsp3) is 0.393. The summed E-state index contributed by atoms with van der Waals surface area (Å²) in [6.45, 7) is -0.678. The van der Waals surface area contributed by atoms with Gasteiger partial charge in [-0.05, 0) is 48.7 Å². The van der Waals surface area contributed by atoms with Gasteiger partial charge in [0.1, 0.15) is 18.4 Å². The second-order valence-corrected chi connectivity index (χ2v) is 10.4. The van der Waals surface area contributed by atoms with Gasteiger partial charge in [0.05, 0.1) is 0 Å². The average molecular weight is 608 g/mol. The molecule has 2 aromatic carbocycles. The standard InChI is InChI=1S/C28H29F4N5O6/c1-16(28(30,31)32)36(14-17-3-5-19(29)6-4-17)23(39)15-37-24(40)27(43-26(37)42)11-9-18-13-20(7-8-21(18)27)34-25(41)35(2)12-10-22(33)38/h3-8,13,16H,9-12,14-15H2,1-2H3,(H2,33,38)(H,34,41)/t16-,27+/m0/s1. The number of amides is 6. The van der Waals surface area contributed by atoms with Crippen LogP contribution < -0.4 is 11.1 Å². The highest BCUT2D eigenvalue weighted by atomic mass is 19.4. The number of hydrogen-bond donors (Lipinski definition) is 2. The van der Waals surface area contributed by atoms with Crippen molar-refractivity contribution in [2.24, 2.45) is 5.73 Å². The number of halogens is 4. The molecule has 0 bridgehead atoms. The Morgan fingerprint density at radius 2 is 1.81 bits per heavy atom. The van der Waals surface area contributed by atoms with Crippen LogP contribution in [0.25, 0.3) is 0 Å². The number of imide groups is 1. The largest absolute Gasteiger partial charge is 0.427 e. The van der Waals surface area contributed by atoms with Crippen LogP contribution in [0.3, 0.4) is 0 Å². The molecule has 0 radical (unpaired) electrons. The summed E-state index contributed by atoms with van der Waals surface area (Å²) in [5, 5.41) is 2.66. The van der Waals surface area contributed by atoms with Crippen molar-refractivity contribution < 1.29 is 46.3 Å². The van der Waals surface area contributed by atoms with Gasteiger partial charge in [-0.2, -0.15) is 13.2 Å². The Hall–Kier alpha value is -4.69. The quantitative estimate of drug-likeness (QED) is 0.419. The summed E-state index contributed by atoms with van der Waals surface area (Å²) in [6, 6.07) is 6.32. The molecule has 230 valence electrons. The molecule has 0 unspecified atom stereocenters. The first-order chi connectivity index (χ1) is 20.1. The van der Waals surface area contributed by atoms with Crippen molar-refractivity contribution in [3.8, 4) is 0 Å². The maximum Gasteiger partial charge on any atom is 0.418 e. The van der Waals surface area contributed by atoms with Crippen LogP contribution in [0.2, 0.25) is 0 Å². The Labute approximate surface area is 243 Å². The van der Waals surface area contributed by atoms with Gasteiger partial charge in [0.25, 0.3) is 5.91 Å². The zero-order valence-corrected chi connectivity index (χ0v) is 23.2. The van der Waals surface area contributed by atoms with E-state index < -0.39 is 66.6 Å². The monoisotopic (exact) mass is 607 g/mol. The number of nitrogens with two attached hydrogens (primary N) is 1. The highest BCUT2D eigenvalue weighted by molar-refractivity contribution is 6.06. The van der Waals surface area contributed by atoms with E-state index in [1.807, 2.05) is 0 Å². The number of urea groups is 1. The Morgan fingerprint density at radius 1 is 1.14 bits per heavy atom. The number of ether oxygens (including phenoxy) is 1. The second kappa shape index (κ2) is 11.9. The molecule has 0 aromatic heterocycles. The summed E-state index contributed by atoms with van der Waals surface area (Å²) in [4.78, 5) is 65.1. The van der Waals surface area contributed by atoms with E-state index in [1.165, 1.54) is 36.2 Å². The first-order valence-electron chi connectivity index (χ1n) is 13.2. The minimum Gasteiger partial charge on any atom is -0.427 e. The van der Waals surface area contributed by atoms with Crippen molar-refractivity contribution in [2.45, 2.75) is 50.6 Å². The molecule has 3 N–H and O–H groups in total. The minimum atomic E-state index is -4.82. The van der Waals surface area contributed by atoms with Gasteiger partial charge in [-0.1, -0.05) is 18.2 Å². The molecule has 1 spiro atoms. The van der Waals surface area contributed by atoms with Gasteiger partial charge in [-0.15, -0.1) is 0 Å². The van der Waals surface area contributed by atoms with Gasteiger partial charge in [0.15, 0.2) is 0 Å². The van der Waals surface area contributed by atoms with Gasteiger partial charge in [-0.3, -0.25) is 14.4 Å². The van der Waals surface area contributed by atoms with Gasteiger partial charge in [0.2, 0.25) is 17.4 Å². The van der Waals surface area contributed by atoms with Gasteiger partial charge in [0, 0.05) is 44.2 Å². The molecule has 1 saturated heterocycles. The van der Waals surface area contributed by atoms with Crippen LogP contribution in [0, 0.1) is 5.82 Å². The molecule has 2 aromatic rings. The topological polar surface area (TPSA) is 142 Å². The number of carbonyl (C=O) groups excluding carboxylic acids is 5. The summed E-state index contributed by atoms with van der Waals surface area (Å²) < 4.78 is 59.7. The zero-order chi connectivity index (χ0) is 31.7. The summed E-state index contributed by atoms with van der Waals surface area (Å²) in [7, 11) is 1.48. The van der Waals surface area contributed by atoms with Crippen molar-refractivity contribution in [1.29, 1.82) is 0 Å². The molecule has 15 heteroatoms. The Bertz CT molecular complexity index is 1450. The van der Waals surface area contributed by atoms with E-state index in [-0.39, 0.29) is 31.4 Å². The molecule has 4 rings (SSSR count). The number of nitrogens with one attached hydrogen (secondary N) is 1. The number of benzene rings is 2. The fourth-order valence-electron chi connectivity index (χ4n) is 4.96. The predicted octanol–water partition coefficient (Wildman–Crippen LogP) is 3.26. The van der Waals surface area contributed by atoms with E-state index in [1.54, 1.807) is 6.07 Å². The third-order valence-corrected chi connectivity index (χ3v) is 7.47. The predicted molar refractivity (Wildman–Crippen MR) is 143 cm³/mol. The third kappa shape index (κ3) is 6.54. The van der Waals surface area contributed by atoms with Crippen molar-refractivity contribution in [1.82, 2.24) is 14.7 Å². The van der Waals surface area contributed by atoms with E-state index in [9.17, 15) is 41.5 Å². The summed E-state index contributed by atoms with van der Waals surface area (Å²) in [5.74, 6) is -3.23. The number of anilines is 1.